The third kappa shape index (κ3) is 3.67. The molecule has 8 aromatic carbocycles. The van der Waals surface area contributed by atoms with Crippen LogP contribution in [0.15, 0.2) is 140 Å². The highest BCUT2D eigenvalue weighted by molar-refractivity contribution is 7.26. The lowest BCUT2D eigenvalue weighted by Crippen LogP contribution is -2.00. The van der Waals surface area contributed by atoms with Crippen molar-refractivity contribution in [2.24, 2.45) is 0 Å². The van der Waals surface area contributed by atoms with E-state index in [0.29, 0.717) is 17.5 Å². The van der Waals surface area contributed by atoms with Gasteiger partial charge in [-0.3, -0.25) is 0 Å². The Morgan fingerprint density at radius 2 is 0.933 bits per heavy atom. The summed E-state index contributed by atoms with van der Waals surface area (Å²) in [5.41, 5.74) is 5.35. The lowest BCUT2D eigenvalue weighted by atomic mass is 9.87. The molecule has 0 bridgehead atoms. The van der Waals surface area contributed by atoms with Crippen molar-refractivity contribution in [1.29, 1.82) is 0 Å². The molecule has 0 spiro atoms. The molecule has 45 heavy (non-hydrogen) atoms. The van der Waals surface area contributed by atoms with Crippen LogP contribution in [0.4, 0.5) is 0 Å². The first-order valence-corrected chi connectivity index (χ1v) is 15.9. The summed E-state index contributed by atoms with van der Waals surface area (Å²) in [5.74, 6) is 2.00. The van der Waals surface area contributed by atoms with Gasteiger partial charge < -0.3 is 0 Å². The normalized spacial score (nSPS) is 12.0. The molecular weight excluding hydrogens is 567 g/mol. The van der Waals surface area contributed by atoms with Gasteiger partial charge in [-0.25, -0.2) is 15.0 Å². The first-order chi connectivity index (χ1) is 22.3. The van der Waals surface area contributed by atoms with Crippen LogP contribution in [0.3, 0.4) is 0 Å². The fraction of sp³-hybridized carbons (Fsp3) is 0. The van der Waals surface area contributed by atoms with E-state index in [1.54, 1.807) is 0 Å². The van der Waals surface area contributed by atoms with Gasteiger partial charge >= 0.3 is 0 Å². The standard InChI is InChI=1S/C41H23N3S/c1-3-9-26(10-4-1)39-42-40(27-11-5-2-6-12-27)44-41(43-39)28-20-17-24(18-21-28)32-23-29-22-19-25-13-7-14-30-31-15-8-16-33-36(31)37(38(32)45-33)35(29)34(25)30/h1-23H. The molecule has 0 unspecified atom stereocenters. The molecule has 4 heteroatoms. The molecule has 0 radical (unpaired) electrons. The second-order valence-corrected chi connectivity index (χ2v) is 12.6. The van der Waals surface area contributed by atoms with E-state index in [0.717, 1.165) is 16.7 Å². The summed E-state index contributed by atoms with van der Waals surface area (Å²) in [6, 6.07) is 49.4. The Labute approximate surface area is 262 Å². The molecule has 10 rings (SSSR count). The van der Waals surface area contributed by atoms with Gasteiger partial charge in [-0.05, 0) is 50.0 Å². The van der Waals surface area contributed by atoms with Gasteiger partial charge in [0.2, 0.25) is 0 Å². The van der Waals surface area contributed by atoms with E-state index in [2.05, 4.69) is 78.9 Å². The maximum absolute atomic E-state index is 4.94. The summed E-state index contributed by atoms with van der Waals surface area (Å²) in [5, 5.41) is 10.8. The summed E-state index contributed by atoms with van der Waals surface area (Å²) >= 11 is 1.90. The number of hydrogen-bond donors (Lipinski definition) is 0. The minimum Gasteiger partial charge on any atom is -0.208 e. The molecule has 2 aromatic heterocycles. The van der Waals surface area contributed by atoms with Crippen LogP contribution in [0.2, 0.25) is 0 Å². The van der Waals surface area contributed by atoms with Gasteiger partial charge in [0.25, 0.3) is 0 Å². The maximum atomic E-state index is 4.94. The maximum Gasteiger partial charge on any atom is 0.164 e. The average molecular weight is 590 g/mol. The molecule has 0 aliphatic rings. The van der Waals surface area contributed by atoms with Crippen LogP contribution in [0.1, 0.15) is 0 Å². The van der Waals surface area contributed by atoms with Crippen molar-refractivity contribution in [3.05, 3.63) is 140 Å². The van der Waals surface area contributed by atoms with Crippen molar-refractivity contribution in [3.63, 3.8) is 0 Å². The highest BCUT2D eigenvalue weighted by Crippen LogP contribution is 2.51. The Hall–Kier alpha value is -5.71. The molecule has 0 N–H and O–H groups in total. The van der Waals surface area contributed by atoms with Gasteiger partial charge in [-0.1, -0.05) is 127 Å². The quantitative estimate of drug-likeness (QED) is 0.151. The molecule has 0 saturated carbocycles. The van der Waals surface area contributed by atoms with Crippen LogP contribution < -0.4 is 0 Å². The first kappa shape index (κ1) is 24.7. The predicted octanol–water partition coefficient (Wildman–Crippen LogP) is 11.2. The van der Waals surface area contributed by atoms with Gasteiger partial charge in [0.15, 0.2) is 17.5 Å². The lowest BCUT2D eigenvalue weighted by Gasteiger charge is -2.15. The number of thiophene rings is 1. The van der Waals surface area contributed by atoms with Crippen molar-refractivity contribution in [2.45, 2.75) is 0 Å². The average Bonchev–Trinajstić information content (AvgIpc) is 3.52. The van der Waals surface area contributed by atoms with Crippen LogP contribution in [0.5, 0.6) is 0 Å². The molecule has 2 heterocycles. The molecule has 3 nitrogen and oxygen atoms in total. The summed E-state index contributed by atoms with van der Waals surface area (Å²) in [6.07, 6.45) is 0. The summed E-state index contributed by atoms with van der Waals surface area (Å²) in [6.45, 7) is 0. The molecule has 0 saturated heterocycles. The van der Waals surface area contributed by atoms with Crippen LogP contribution in [0, 0.1) is 0 Å². The number of rotatable bonds is 4. The third-order valence-electron chi connectivity index (χ3n) is 9.03. The molecule has 0 atom stereocenters. The van der Waals surface area contributed by atoms with Crippen molar-refractivity contribution in [1.82, 2.24) is 15.0 Å². The molecular formula is C41H23N3S. The van der Waals surface area contributed by atoms with Gasteiger partial charge in [0.05, 0.1) is 0 Å². The van der Waals surface area contributed by atoms with Gasteiger partial charge in [-0.2, -0.15) is 0 Å². The Bertz CT molecular complexity index is 2620. The second-order valence-electron chi connectivity index (χ2n) is 11.6. The molecule has 208 valence electrons. The summed E-state index contributed by atoms with van der Waals surface area (Å²) in [4.78, 5) is 14.7. The smallest absolute Gasteiger partial charge is 0.164 e. The Morgan fingerprint density at radius 3 is 1.60 bits per heavy atom. The molecule has 0 aliphatic carbocycles. The molecule has 0 fully saturated rings. The van der Waals surface area contributed by atoms with Crippen molar-refractivity contribution in [2.75, 3.05) is 0 Å². The zero-order valence-electron chi connectivity index (χ0n) is 24.0. The lowest BCUT2D eigenvalue weighted by molar-refractivity contribution is 1.07. The highest BCUT2D eigenvalue weighted by atomic mass is 32.1. The van der Waals surface area contributed by atoms with Gasteiger partial charge in [-0.15, -0.1) is 11.3 Å². The van der Waals surface area contributed by atoms with E-state index in [1.807, 2.05) is 72.0 Å². The van der Waals surface area contributed by atoms with E-state index in [4.69, 9.17) is 15.0 Å². The monoisotopic (exact) mass is 589 g/mol. The van der Waals surface area contributed by atoms with E-state index >= 15 is 0 Å². The minimum absolute atomic E-state index is 0.665. The zero-order valence-corrected chi connectivity index (χ0v) is 24.8. The van der Waals surface area contributed by atoms with E-state index < -0.39 is 0 Å². The number of aromatic nitrogens is 3. The van der Waals surface area contributed by atoms with Gasteiger partial charge in [0.1, 0.15) is 0 Å². The number of fused-ring (bicyclic) bond motifs is 1. The fourth-order valence-corrected chi connectivity index (χ4v) is 8.26. The van der Waals surface area contributed by atoms with E-state index in [1.165, 1.54) is 63.6 Å². The van der Waals surface area contributed by atoms with Crippen molar-refractivity contribution < 1.29 is 0 Å². The van der Waals surface area contributed by atoms with E-state index in [-0.39, 0.29) is 0 Å². The van der Waals surface area contributed by atoms with Gasteiger partial charge in [0, 0.05) is 42.4 Å². The van der Waals surface area contributed by atoms with Crippen molar-refractivity contribution >= 4 is 63.8 Å². The Morgan fingerprint density at radius 1 is 0.378 bits per heavy atom. The molecule has 0 aliphatic heterocycles. The topological polar surface area (TPSA) is 38.7 Å². The molecule has 10 aromatic rings. The Kier molecular flexibility index (Phi) is 5.16. The largest absolute Gasteiger partial charge is 0.208 e. The second kappa shape index (κ2) is 9.39. The minimum atomic E-state index is 0.665. The highest BCUT2D eigenvalue weighted by Gasteiger charge is 2.21. The number of benzene rings is 8. The van der Waals surface area contributed by atoms with Crippen molar-refractivity contribution in [3.8, 4) is 45.3 Å². The fourth-order valence-electron chi connectivity index (χ4n) is 6.98. The van der Waals surface area contributed by atoms with Crippen LogP contribution >= 0.6 is 11.3 Å². The number of hydrogen-bond acceptors (Lipinski definition) is 4. The zero-order chi connectivity index (χ0) is 29.5. The molecule has 0 amide bonds. The SMILES string of the molecule is c1ccc(-c2nc(-c3ccccc3)nc(-c3ccc(-c4cc5ccc6cccc7c8cccc9sc4c(c98)c5c67)cc3)n2)cc1. The van der Waals surface area contributed by atoms with Crippen LogP contribution in [-0.2, 0) is 0 Å². The Balaban J connectivity index is 1.16. The summed E-state index contributed by atoms with van der Waals surface area (Å²) < 4.78 is 2.68. The van der Waals surface area contributed by atoms with E-state index in [9.17, 15) is 0 Å². The predicted molar refractivity (Wildman–Crippen MR) is 189 cm³/mol. The third-order valence-corrected chi connectivity index (χ3v) is 10.2. The first-order valence-electron chi connectivity index (χ1n) is 15.1. The van der Waals surface area contributed by atoms with Crippen LogP contribution in [-0.4, -0.2) is 15.0 Å². The number of nitrogens with zero attached hydrogens (tertiary/aromatic N) is 3. The summed E-state index contributed by atoms with van der Waals surface area (Å²) in [7, 11) is 0. The van der Waals surface area contributed by atoms with Crippen LogP contribution in [0.25, 0.3) is 97.8 Å².